The first kappa shape index (κ1) is 16.8. The fourth-order valence-electron chi connectivity index (χ4n) is 0.737. The van der Waals surface area contributed by atoms with E-state index in [4.69, 9.17) is 0 Å². The molecular formula is C7H5F9O2. The Hall–Kier alpha value is -1.16. The summed E-state index contributed by atoms with van der Waals surface area (Å²) in [6.07, 6.45) is -15.7. The number of halogens is 9. The van der Waals surface area contributed by atoms with Crippen molar-refractivity contribution in [3.8, 4) is 0 Å². The van der Waals surface area contributed by atoms with Gasteiger partial charge in [-0.25, -0.2) is 0 Å². The number of carbonyl (C=O) groups excluding carboxylic acids is 1. The average molecular weight is 292 g/mol. The van der Waals surface area contributed by atoms with Crippen LogP contribution in [0.2, 0.25) is 0 Å². The van der Waals surface area contributed by atoms with Crippen molar-refractivity contribution in [2.75, 3.05) is 0 Å². The molecule has 0 aliphatic rings. The third-order valence-electron chi connectivity index (χ3n) is 1.56. The Bertz CT molecular complexity index is 319. The van der Waals surface area contributed by atoms with E-state index < -0.39 is 36.5 Å². The van der Waals surface area contributed by atoms with Crippen molar-refractivity contribution in [1.82, 2.24) is 0 Å². The van der Waals surface area contributed by atoms with Gasteiger partial charge in [-0.15, -0.1) is 0 Å². The SMILES string of the molecule is CC(=O)OC(F)(F)C(F)(F)CC(F)(F)C(F)(F)F. The second-order valence-electron chi connectivity index (χ2n) is 3.19. The van der Waals surface area contributed by atoms with Gasteiger partial charge in [0.1, 0.15) is 0 Å². The van der Waals surface area contributed by atoms with Crippen molar-refractivity contribution in [3.63, 3.8) is 0 Å². The predicted molar refractivity (Wildman–Crippen MR) is 37.3 cm³/mol. The lowest BCUT2D eigenvalue weighted by atomic mass is 10.1. The van der Waals surface area contributed by atoms with Crippen LogP contribution in [-0.4, -0.2) is 30.1 Å². The molecule has 0 bridgehead atoms. The highest BCUT2D eigenvalue weighted by Gasteiger charge is 2.70. The maximum absolute atomic E-state index is 12.6. The minimum atomic E-state index is -6.43. The second kappa shape index (κ2) is 4.50. The summed E-state index contributed by atoms with van der Waals surface area (Å²) in [4.78, 5) is 10.0. The van der Waals surface area contributed by atoms with Crippen LogP contribution in [0.25, 0.3) is 0 Å². The molecular weight excluding hydrogens is 287 g/mol. The largest absolute Gasteiger partial charge is 0.466 e. The Balaban J connectivity index is 5.12. The summed E-state index contributed by atoms with van der Waals surface area (Å²) < 4.78 is 112. The third-order valence-corrected chi connectivity index (χ3v) is 1.56. The van der Waals surface area contributed by atoms with Gasteiger partial charge in [0, 0.05) is 6.92 Å². The molecule has 0 N–H and O–H groups in total. The molecule has 2 nitrogen and oxygen atoms in total. The van der Waals surface area contributed by atoms with E-state index in [0.717, 1.165) is 0 Å². The number of rotatable bonds is 4. The molecule has 0 rings (SSSR count). The second-order valence-corrected chi connectivity index (χ2v) is 3.19. The summed E-state index contributed by atoms with van der Waals surface area (Å²) in [5, 5.41) is 0. The van der Waals surface area contributed by atoms with Crippen molar-refractivity contribution < 1.29 is 49.0 Å². The number of alkyl halides is 9. The number of hydrogen-bond acceptors (Lipinski definition) is 2. The van der Waals surface area contributed by atoms with E-state index in [-0.39, 0.29) is 6.92 Å². The van der Waals surface area contributed by atoms with E-state index in [1.54, 1.807) is 0 Å². The third kappa shape index (κ3) is 3.67. The summed E-state index contributed by atoms with van der Waals surface area (Å²) in [6.45, 7) is 0.256. The van der Waals surface area contributed by atoms with E-state index >= 15 is 0 Å². The van der Waals surface area contributed by atoms with Gasteiger partial charge in [-0.1, -0.05) is 0 Å². The molecule has 0 unspecified atom stereocenters. The summed E-state index contributed by atoms with van der Waals surface area (Å²) in [5.41, 5.74) is 0. The maximum Gasteiger partial charge on any atom is 0.466 e. The molecule has 0 aromatic rings. The van der Waals surface area contributed by atoms with E-state index in [2.05, 4.69) is 4.74 Å². The molecule has 0 aliphatic heterocycles. The highest BCUT2D eigenvalue weighted by atomic mass is 19.4. The normalized spacial score (nSPS) is 14.6. The number of ether oxygens (including phenoxy) is 1. The predicted octanol–water partition coefficient (Wildman–Crippen LogP) is 3.37. The van der Waals surface area contributed by atoms with Gasteiger partial charge in [0.15, 0.2) is 0 Å². The zero-order valence-electron chi connectivity index (χ0n) is 8.43. The highest BCUT2D eigenvalue weighted by Crippen LogP contribution is 2.48. The van der Waals surface area contributed by atoms with E-state index in [9.17, 15) is 44.3 Å². The van der Waals surface area contributed by atoms with Gasteiger partial charge in [0.2, 0.25) is 0 Å². The van der Waals surface area contributed by atoms with Crippen molar-refractivity contribution in [1.29, 1.82) is 0 Å². The number of esters is 1. The van der Waals surface area contributed by atoms with Crippen LogP contribution >= 0.6 is 0 Å². The summed E-state index contributed by atoms with van der Waals surface area (Å²) in [6, 6.07) is 0. The maximum atomic E-state index is 12.6. The van der Waals surface area contributed by atoms with Crippen molar-refractivity contribution in [2.45, 2.75) is 37.5 Å². The van der Waals surface area contributed by atoms with E-state index in [1.807, 2.05) is 0 Å². The molecule has 0 radical (unpaired) electrons. The Morgan fingerprint density at radius 2 is 1.28 bits per heavy atom. The van der Waals surface area contributed by atoms with Gasteiger partial charge in [-0.2, -0.15) is 39.5 Å². The topological polar surface area (TPSA) is 26.3 Å². The summed E-state index contributed by atoms with van der Waals surface area (Å²) >= 11 is 0. The van der Waals surface area contributed by atoms with Crippen LogP contribution in [0.4, 0.5) is 39.5 Å². The first-order valence-electron chi connectivity index (χ1n) is 4.02. The van der Waals surface area contributed by atoms with Gasteiger partial charge in [-0.05, 0) is 0 Å². The first-order valence-corrected chi connectivity index (χ1v) is 4.02. The van der Waals surface area contributed by atoms with Crippen LogP contribution in [0.1, 0.15) is 13.3 Å². The molecule has 0 saturated carbocycles. The van der Waals surface area contributed by atoms with Crippen molar-refractivity contribution in [2.24, 2.45) is 0 Å². The molecule has 0 atom stereocenters. The van der Waals surface area contributed by atoms with E-state index in [1.165, 1.54) is 0 Å². The molecule has 18 heavy (non-hydrogen) atoms. The first-order chi connectivity index (χ1) is 7.62. The minimum Gasteiger partial charge on any atom is -0.396 e. The minimum absolute atomic E-state index is 0.256. The van der Waals surface area contributed by atoms with Crippen LogP contribution in [0.3, 0.4) is 0 Å². The molecule has 11 heteroatoms. The van der Waals surface area contributed by atoms with Crippen LogP contribution in [-0.2, 0) is 9.53 Å². The molecule has 0 spiro atoms. The fourth-order valence-corrected chi connectivity index (χ4v) is 0.737. The summed E-state index contributed by atoms with van der Waals surface area (Å²) in [5.74, 6) is -13.9. The Kier molecular flexibility index (Phi) is 4.21. The quantitative estimate of drug-likeness (QED) is 0.586. The Morgan fingerprint density at radius 3 is 1.56 bits per heavy atom. The van der Waals surface area contributed by atoms with Gasteiger partial charge >= 0.3 is 30.1 Å². The Labute approximate surface area is 93.7 Å². The van der Waals surface area contributed by atoms with Gasteiger partial charge in [-0.3, -0.25) is 4.79 Å². The molecule has 0 saturated heterocycles. The lowest BCUT2D eigenvalue weighted by Crippen LogP contribution is -2.51. The average Bonchev–Trinajstić information content (AvgIpc) is 1.95. The molecule has 0 aliphatic carbocycles. The lowest BCUT2D eigenvalue weighted by molar-refractivity contribution is -0.365. The molecule has 0 heterocycles. The molecule has 0 fully saturated rings. The monoisotopic (exact) mass is 292 g/mol. The van der Waals surface area contributed by atoms with Gasteiger partial charge < -0.3 is 4.74 Å². The zero-order chi connectivity index (χ0) is 15.0. The van der Waals surface area contributed by atoms with Crippen LogP contribution in [0, 0.1) is 0 Å². The molecule has 0 aromatic carbocycles. The molecule has 0 amide bonds. The zero-order valence-corrected chi connectivity index (χ0v) is 8.43. The standard InChI is InChI=1S/C7H5F9O2/c1-3(17)18-7(15,16)5(10,11)2-4(8,9)6(12,13)14/h2H2,1H3. The molecule has 108 valence electrons. The van der Waals surface area contributed by atoms with Crippen LogP contribution in [0.5, 0.6) is 0 Å². The summed E-state index contributed by atoms with van der Waals surface area (Å²) in [7, 11) is 0. The highest BCUT2D eigenvalue weighted by molar-refractivity contribution is 5.66. The van der Waals surface area contributed by atoms with Crippen LogP contribution in [0.15, 0.2) is 0 Å². The van der Waals surface area contributed by atoms with Crippen molar-refractivity contribution >= 4 is 5.97 Å². The van der Waals surface area contributed by atoms with Gasteiger partial charge in [0.05, 0.1) is 6.42 Å². The number of hydrogen-bond donors (Lipinski definition) is 0. The van der Waals surface area contributed by atoms with E-state index in [0.29, 0.717) is 0 Å². The fraction of sp³-hybridized carbons (Fsp3) is 0.857. The number of carbonyl (C=O) groups is 1. The van der Waals surface area contributed by atoms with Gasteiger partial charge in [0.25, 0.3) is 0 Å². The Morgan fingerprint density at radius 1 is 0.889 bits per heavy atom. The van der Waals surface area contributed by atoms with Crippen molar-refractivity contribution in [3.05, 3.63) is 0 Å². The van der Waals surface area contributed by atoms with Crippen LogP contribution < -0.4 is 0 Å². The lowest BCUT2D eigenvalue weighted by Gasteiger charge is -2.29. The smallest absolute Gasteiger partial charge is 0.396 e. The molecule has 0 aromatic heterocycles.